The maximum absolute atomic E-state index is 2.45. The summed E-state index contributed by atoms with van der Waals surface area (Å²) in [6.07, 6.45) is 8.78. The van der Waals surface area contributed by atoms with E-state index in [1.165, 1.54) is 38.5 Å². The zero-order valence-electron chi connectivity index (χ0n) is 10.6. The van der Waals surface area contributed by atoms with Gasteiger partial charge in [-0.25, -0.2) is 0 Å². The van der Waals surface area contributed by atoms with E-state index in [-0.39, 0.29) is 7.43 Å². The Morgan fingerprint density at radius 3 is 2.33 bits per heavy atom. The van der Waals surface area contributed by atoms with Crippen molar-refractivity contribution in [2.45, 2.75) is 73.6 Å². The van der Waals surface area contributed by atoms with Crippen molar-refractivity contribution < 1.29 is 0 Å². The monoisotopic (exact) mass is 212 g/mol. The summed E-state index contributed by atoms with van der Waals surface area (Å²) >= 11 is 0. The highest BCUT2D eigenvalue weighted by molar-refractivity contribution is 4.73. The van der Waals surface area contributed by atoms with Gasteiger partial charge in [-0.1, -0.05) is 54.4 Å². The lowest BCUT2D eigenvalue weighted by Crippen LogP contribution is -2.08. The molecule has 1 rings (SSSR count). The SMILES string of the molecule is C.CCC(C)CC1CCC(C)CC(C)C1. The third-order valence-corrected chi connectivity index (χ3v) is 4.04. The van der Waals surface area contributed by atoms with Crippen LogP contribution in [0.15, 0.2) is 0 Å². The van der Waals surface area contributed by atoms with Crippen LogP contribution in [0.2, 0.25) is 0 Å². The molecule has 0 radical (unpaired) electrons. The second-order valence-electron chi connectivity index (χ2n) is 5.87. The van der Waals surface area contributed by atoms with E-state index in [2.05, 4.69) is 27.7 Å². The van der Waals surface area contributed by atoms with Crippen LogP contribution in [-0.4, -0.2) is 0 Å². The molecule has 1 fully saturated rings. The van der Waals surface area contributed by atoms with Crippen LogP contribution in [0.3, 0.4) is 0 Å². The van der Waals surface area contributed by atoms with Crippen molar-refractivity contribution in [3.05, 3.63) is 0 Å². The Hall–Kier alpha value is 0. The van der Waals surface area contributed by atoms with Crippen molar-refractivity contribution in [1.82, 2.24) is 0 Å². The normalized spacial score (nSPS) is 34.0. The molecule has 0 N–H and O–H groups in total. The van der Waals surface area contributed by atoms with E-state index in [4.69, 9.17) is 0 Å². The molecule has 1 saturated carbocycles. The molecule has 0 heterocycles. The molecule has 0 spiro atoms. The van der Waals surface area contributed by atoms with Crippen molar-refractivity contribution in [2.24, 2.45) is 23.7 Å². The van der Waals surface area contributed by atoms with Gasteiger partial charge in [0.2, 0.25) is 0 Å². The topological polar surface area (TPSA) is 0 Å². The van der Waals surface area contributed by atoms with E-state index in [0.717, 1.165) is 23.7 Å². The molecule has 0 amide bonds. The molecule has 1 aliphatic carbocycles. The van der Waals surface area contributed by atoms with Crippen LogP contribution in [0, 0.1) is 23.7 Å². The van der Waals surface area contributed by atoms with E-state index in [1.54, 1.807) is 0 Å². The second-order valence-corrected chi connectivity index (χ2v) is 5.87. The third-order valence-electron chi connectivity index (χ3n) is 4.04. The van der Waals surface area contributed by atoms with Gasteiger partial charge in [-0.05, 0) is 42.9 Å². The Bertz CT molecular complexity index is 148. The van der Waals surface area contributed by atoms with Gasteiger partial charge in [0.15, 0.2) is 0 Å². The van der Waals surface area contributed by atoms with Crippen LogP contribution in [0.4, 0.5) is 0 Å². The summed E-state index contributed by atoms with van der Waals surface area (Å²) in [4.78, 5) is 0. The fourth-order valence-corrected chi connectivity index (χ4v) is 3.06. The van der Waals surface area contributed by atoms with Crippen LogP contribution in [-0.2, 0) is 0 Å². The second kappa shape index (κ2) is 7.30. The van der Waals surface area contributed by atoms with Gasteiger partial charge in [0, 0.05) is 0 Å². The minimum atomic E-state index is 0. The van der Waals surface area contributed by atoms with Gasteiger partial charge in [0.1, 0.15) is 0 Å². The predicted molar refractivity (Wildman–Crippen MR) is 71.1 cm³/mol. The molecule has 0 bridgehead atoms. The molecule has 15 heavy (non-hydrogen) atoms. The van der Waals surface area contributed by atoms with Crippen LogP contribution >= 0.6 is 0 Å². The van der Waals surface area contributed by atoms with Gasteiger partial charge in [-0.2, -0.15) is 0 Å². The van der Waals surface area contributed by atoms with Gasteiger partial charge in [0.25, 0.3) is 0 Å². The molecule has 0 aromatic carbocycles. The number of hydrogen-bond acceptors (Lipinski definition) is 0. The molecule has 0 aliphatic heterocycles. The van der Waals surface area contributed by atoms with Gasteiger partial charge in [-0.15, -0.1) is 0 Å². The summed E-state index contributed by atoms with van der Waals surface area (Å²) in [5.41, 5.74) is 0. The summed E-state index contributed by atoms with van der Waals surface area (Å²) in [7, 11) is 0. The summed E-state index contributed by atoms with van der Waals surface area (Å²) in [6.45, 7) is 9.62. The fourth-order valence-electron chi connectivity index (χ4n) is 3.06. The molecule has 1 aliphatic rings. The average Bonchev–Trinajstić information content (AvgIpc) is 2.27. The van der Waals surface area contributed by atoms with E-state index < -0.39 is 0 Å². The van der Waals surface area contributed by atoms with E-state index in [9.17, 15) is 0 Å². The Morgan fingerprint density at radius 1 is 1.07 bits per heavy atom. The first-order valence-electron chi connectivity index (χ1n) is 6.61. The molecular formula is C15H32. The van der Waals surface area contributed by atoms with Crippen LogP contribution in [0.25, 0.3) is 0 Å². The zero-order chi connectivity index (χ0) is 10.6. The molecule has 4 unspecified atom stereocenters. The Balaban J connectivity index is 0.00000196. The summed E-state index contributed by atoms with van der Waals surface area (Å²) in [6, 6.07) is 0. The Morgan fingerprint density at radius 2 is 1.73 bits per heavy atom. The van der Waals surface area contributed by atoms with Crippen molar-refractivity contribution in [1.29, 1.82) is 0 Å². The first-order valence-corrected chi connectivity index (χ1v) is 6.61. The third kappa shape index (κ3) is 5.58. The average molecular weight is 212 g/mol. The van der Waals surface area contributed by atoms with E-state index in [0.29, 0.717) is 0 Å². The standard InChI is InChI=1S/C14H28.CH4/c1-5-11(2)9-14-7-6-12(3)8-13(4)10-14;/h11-14H,5-10H2,1-4H3;1H4. The van der Waals surface area contributed by atoms with Crippen LogP contribution in [0.1, 0.15) is 73.6 Å². The van der Waals surface area contributed by atoms with Crippen molar-refractivity contribution in [2.75, 3.05) is 0 Å². The first kappa shape index (κ1) is 15.0. The fraction of sp³-hybridized carbons (Fsp3) is 1.00. The van der Waals surface area contributed by atoms with Crippen molar-refractivity contribution in [3.63, 3.8) is 0 Å². The van der Waals surface area contributed by atoms with Crippen LogP contribution in [0.5, 0.6) is 0 Å². The molecule has 4 atom stereocenters. The van der Waals surface area contributed by atoms with Gasteiger partial charge in [0.05, 0.1) is 0 Å². The maximum Gasteiger partial charge on any atom is -0.0409 e. The zero-order valence-corrected chi connectivity index (χ0v) is 10.6. The van der Waals surface area contributed by atoms with Crippen molar-refractivity contribution >= 4 is 0 Å². The van der Waals surface area contributed by atoms with Crippen LogP contribution < -0.4 is 0 Å². The lowest BCUT2D eigenvalue weighted by Gasteiger charge is -2.20. The largest absolute Gasteiger partial charge is 0.0776 e. The highest BCUT2D eigenvalue weighted by atomic mass is 14.3. The minimum absolute atomic E-state index is 0. The van der Waals surface area contributed by atoms with Gasteiger partial charge in [-0.3, -0.25) is 0 Å². The minimum Gasteiger partial charge on any atom is -0.0776 e. The molecule has 0 heteroatoms. The molecule has 0 aromatic rings. The smallest absolute Gasteiger partial charge is 0.0409 e. The molecule has 0 nitrogen and oxygen atoms in total. The maximum atomic E-state index is 2.45. The lowest BCUT2D eigenvalue weighted by atomic mass is 9.86. The lowest BCUT2D eigenvalue weighted by molar-refractivity contribution is 0.319. The molecular weight excluding hydrogens is 180 g/mol. The van der Waals surface area contributed by atoms with E-state index >= 15 is 0 Å². The Kier molecular flexibility index (Phi) is 7.30. The molecule has 0 saturated heterocycles. The molecule has 0 aromatic heterocycles. The molecule has 92 valence electrons. The van der Waals surface area contributed by atoms with Gasteiger partial charge >= 0.3 is 0 Å². The van der Waals surface area contributed by atoms with Crippen molar-refractivity contribution in [3.8, 4) is 0 Å². The first-order chi connectivity index (χ1) is 6.61. The summed E-state index contributed by atoms with van der Waals surface area (Å²) in [5, 5.41) is 0. The highest BCUT2D eigenvalue weighted by Crippen LogP contribution is 2.34. The Labute approximate surface area is 97.8 Å². The quantitative estimate of drug-likeness (QED) is 0.540. The van der Waals surface area contributed by atoms with E-state index in [1.807, 2.05) is 0 Å². The van der Waals surface area contributed by atoms with Gasteiger partial charge < -0.3 is 0 Å². The predicted octanol–water partition coefficient (Wildman–Crippen LogP) is 5.52. The summed E-state index contributed by atoms with van der Waals surface area (Å²) < 4.78 is 0. The number of rotatable bonds is 3. The summed E-state index contributed by atoms with van der Waals surface area (Å²) in [5.74, 6) is 3.93. The number of hydrogen-bond donors (Lipinski definition) is 0. The highest BCUT2D eigenvalue weighted by Gasteiger charge is 2.21.